The molecule has 1 aromatic rings. The highest BCUT2D eigenvalue weighted by Crippen LogP contribution is 2.30. The second-order valence-electron chi connectivity index (χ2n) is 3.09. The molecule has 1 heterocycles. The van der Waals surface area contributed by atoms with Crippen LogP contribution in [0.4, 0.5) is 8.78 Å². The highest BCUT2D eigenvalue weighted by atomic mass is 35.5. The second-order valence-corrected chi connectivity index (χ2v) is 3.45. The van der Waals surface area contributed by atoms with Crippen LogP contribution in [-0.2, 0) is 7.05 Å². The fourth-order valence-electron chi connectivity index (χ4n) is 1.41. The molecule has 1 atom stereocenters. The van der Waals surface area contributed by atoms with E-state index in [9.17, 15) is 8.78 Å². The minimum atomic E-state index is -2.51. The number of hydrogen-bond acceptors (Lipinski definition) is 2. The first-order valence-electron chi connectivity index (χ1n) is 4.16. The number of alkyl halides is 2. The molecule has 0 fully saturated rings. The molecular formula is C8H12ClF2N3. The molecule has 0 aliphatic heterocycles. The summed E-state index contributed by atoms with van der Waals surface area (Å²) >= 11 is 5.84. The first kappa shape index (κ1) is 11.4. The normalized spacial score (nSPS) is 13.6. The molecule has 1 rings (SSSR count). The van der Waals surface area contributed by atoms with Gasteiger partial charge in [-0.3, -0.25) is 4.68 Å². The maximum atomic E-state index is 12.6. The van der Waals surface area contributed by atoms with E-state index in [1.165, 1.54) is 4.68 Å². The molecule has 0 aliphatic carbocycles. The van der Waals surface area contributed by atoms with Gasteiger partial charge in [-0.2, -0.15) is 5.10 Å². The van der Waals surface area contributed by atoms with Crippen LogP contribution in [0.5, 0.6) is 0 Å². The summed E-state index contributed by atoms with van der Waals surface area (Å²) in [6.07, 6.45) is -2.51. The molecule has 6 heteroatoms. The highest BCUT2D eigenvalue weighted by Gasteiger charge is 2.27. The Morgan fingerprint density at radius 2 is 2.14 bits per heavy atom. The lowest BCUT2D eigenvalue weighted by molar-refractivity contribution is 0.117. The Bertz CT molecular complexity index is 325. The first-order valence-corrected chi connectivity index (χ1v) is 4.54. The number of aromatic nitrogens is 2. The molecule has 3 nitrogen and oxygen atoms in total. The average Bonchev–Trinajstić information content (AvgIpc) is 2.32. The zero-order chi connectivity index (χ0) is 10.9. The summed E-state index contributed by atoms with van der Waals surface area (Å²) in [5, 5.41) is 4.19. The fourth-order valence-corrected chi connectivity index (χ4v) is 1.73. The van der Waals surface area contributed by atoms with Gasteiger partial charge in [0.1, 0.15) is 5.15 Å². The molecule has 80 valence electrons. The third-order valence-electron chi connectivity index (χ3n) is 2.13. The van der Waals surface area contributed by atoms with Gasteiger partial charge in [-0.15, -0.1) is 0 Å². The molecule has 2 N–H and O–H groups in total. The van der Waals surface area contributed by atoms with Crippen molar-refractivity contribution >= 4 is 11.6 Å². The lowest BCUT2D eigenvalue weighted by atomic mass is 10.0. The van der Waals surface area contributed by atoms with E-state index in [1.807, 2.05) is 0 Å². The third-order valence-corrected chi connectivity index (χ3v) is 2.57. The number of aryl methyl sites for hydroxylation is 2. The molecule has 1 unspecified atom stereocenters. The molecule has 0 radical (unpaired) electrons. The van der Waals surface area contributed by atoms with Crippen LogP contribution < -0.4 is 5.73 Å². The summed E-state index contributed by atoms with van der Waals surface area (Å²) in [4.78, 5) is 0. The smallest absolute Gasteiger partial charge is 0.246 e. The van der Waals surface area contributed by atoms with Gasteiger partial charge in [0.05, 0.1) is 11.6 Å². The zero-order valence-electron chi connectivity index (χ0n) is 7.97. The van der Waals surface area contributed by atoms with E-state index < -0.39 is 12.3 Å². The summed E-state index contributed by atoms with van der Waals surface area (Å²) in [6.45, 7) is 1.51. The summed E-state index contributed by atoms with van der Waals surface area (Å²) in [5.41, 5.74) is 6.14. The van der Waals surface area contributed by atoms with E-state index in [1.54, 1.807) is 14.0 Å². The Kier molecular flexibility index (Phi) is 3.44. The Morgan fingerprint density at radius 3 is 2.43 bits per heavy atom. The van der Waals surface area contributed by atoms with Gasteiger partial charge in [0.2, 0.25) is 6.43 Å². The monoisotopic (exact) mass is 223 g/mol. The van der Waals surface area contributed by atoms with Crippen molar-refractivity contribution < 1.29 is 8.78 Å². The number of halogens is 3. The average molecular weight is 224 g/mol. The SMILES string of the molecule is Cc1nn(C)c(Cl)c1C(CN)C(F)F. The Morgan fingerprint density at radius 1 is 1.57 bits per heavy atom. The molecule has 0 saturated carbocycles. The Balaban J connectivity index is 3.15. The van der Waals surface area contributed by atoms with Crippen LogP contribution >= 0.6 is 11.6 Å². The zero-order valence-corrected chi connectivity index (χ0v) is 8.72. The van der Waals surface area contributed by atoms with Crippen LogP contribution in [0, 0.1) is 6.92 Å². The predicted molar refractivity (Wildman–Crippen MR) is 50.8 cm³/mol. The van der Waals surface area contributed by atoms with E-state index >= 15 is 0 Å². The van der Waals surface area contributed by atoms with Crippen molar-refractivity contribution in [1.82, 2.24) is 9.78 Å². The van der Waals surface area contributed by atoms with Gasteiger partial charge in [0.15, 0.2) is 0 Å². The number of rotatable bonds is 3. The van der Waals surface area contributed by atoms with E-state index in [-0.39, 0.29) is 11.7 Å². The minimum Gasteiger partial charge on any atom is -0.330 e. The summed E-state index contributed by atoms with van der Waals surface area (Å²) in [6, 6.07) is 0. The number of nitrogens with zero attached hydrogens (tertiary/aromatic N) is 2. The summed E-state index contributed by atoms with van der Waals surface area (Å²) in [7, 11) is 1.61. The van der Waals surface area contributed by atoms with Crippen LogP contribution in [0.2, 0.25) is 5.15 Å². The standard InChI is InChI=1S/C8H12ClF2N3/c1-4-6(5(3-12)8(10)11)7(9)14(2)13-4/h5,8H,3,12H2,1-2H3. The summed E-state index contributed by atoms with van der Waals surface area (Å²) < 4.78 is 26.5. The van der Waals surface area contributed by atoms with E-state index in [0.717, 1.165) is 0 Å². The Hall–Kier alpha value is -0.680. The van der Waals surface area contributed by atoms with Crippen LogP contribution in [0.25, 0.3) is 0 Å². The van der Waals surface area contributed by atoms with Crippen molar-refractivity contribution in [3.05, 3.63) is 16.4 Å². The minimum absolute atomic E-state index is 0.135. The highest BCUT2D eigenvalue weighted by molar-refractivity contribution is 6.30. The van der Waals surface area contributed by atoms with Crippen molar-refractivity contribution in [3.63, 3.8) is 0 Å². The van der Waals surface area contributed by atoms with Crippen molar-refractivity contribution in [2.75, 3.05) is 6.54 Å². The molecule has 0 bridgehead atoms. The molecule has 14 heavy (non-hydrogen) atoms. The fraction of sp³-hybridized carbons (Fsp3) is 0.625. The van der Waals surface area contributed by atoms with Crippen molar-refractivity contribution in [2.24, 2.45) is 12.8 Å². The van der Waals surface area contributed by atoms with Crippen LogP contribution in [0.15, 0.2) is 0 Å². The second kappa shape index (κ2) is 4.23. The summed E-state index contributed by atoms with van der Waals surface area (Å²) in [5.74, 6) is -1.03. The van der Waals surface area contributed by atoms with Crippen LogP contribution in [-0.4, -0.2) is 22.8 Å². The van der Waals surface area contributed by atoms with Gasteiger partial charge in [-0.1, -0.05) is 11.6 Å². The van der Waals surface area contributed by atoms with E-state index in [4.69, 9.17) is 17.3 Å². The molecule has 0 saturated heterocycles. The maximum absolute atomic E-state index is 12.6. The van der Waals surface area contributed by atoms with Gasteiger partial charge < -0.3 is 5.73 Å². The van der Waals surface area contributed by atoms with E-state index in [0.29, 0.717) is 11.3 Å². The van der Waals surface area contributed by atoms with Crippen LogP contribution in [0.1, 0.15) is 17.2 Å². The number of nitrogens with two attached hydrogens (primary N) is 1. The van der Waals surface area contributed by atoms with Gasteiger partial charge in [0, 0.05) is 19.2 Å². The lowest BCUT2D eigenvalue weighted by Crippen LogP contribution is -2.20. The van der Waals surface area contributed by atoms with Gasteiger partial charge in [0.25, 0.3) is 0 Å². The van der Waals surface area contributed by atoms with Crippen LogP contribution in [0.3, 0.4) is 0 Å². The topological polar surface area (TPSA) is 43.8 Å². The van der Waals surface area contributed by atoms with Gasteiger partial charge in [-0.25, -0.2) is 8.78 Å². The van der Waals surface area contributed by atoms with Crippen molar-refractivity contribution in [3.8, 4) is 0 Å². The number of hydrogen-bond donors (Lipinski definition) is 1. The largest absolute Gasteiger partial charge is 0.330 e. The molecule has 0 spiro atoms. The predicted octanol–water partition coefficient (Wildman–Crippen LogP) is 1.69. The van der Waals surface area contributed by atoms with Crippen molar-refractivity contribution in [2.45, 2.75) is 19.3 Å². The quantitative estimate of drug-likeness (QED) is 0.848. The molecular weight excluding hydrogens is 212 g/mol. The van der Waals surface area contributed by atoms with Gasteiger partial charge in [-0.05, 0) is 6.92 Å². The maximum Gasteiger partial charge on any atom is 0.246 e. The van der Waals surface area contributed by atoms with Crippen molar-refractivity contribution in [1.29, 1.82) is 0 Å². The first-order chi connectivity index (χ1) is 6.49. The van der Waals surface area contributed by atoms with E-state index in [2.05, 4.69) is 5.10 Å². The lowest BCUT2D eigenvalue weighted by Gasteiger charge is -2.13. The Labute approximate surface area is 85.8 Å². The molecule has 0 aliphatic rings. The third kappa shape index (κ3) is 1.88. The molecule has 0 amide bonds. The molecule has 1 aromatic heterocycles. The molecule has 0 aromatic carbocycles. The van der Waals surface area contributed by atoms with Gasteiger partial charge >= 0.3 is 0 Å².